The van der Waals surface area contributed by atoms with Crippen LogP contribution in [-0.4, -0.2) is 4.98 Å². The number of hydrogen-bond acceptors (Lipinski definition) is 2. The average molecular weight is 522 g/mol. The van der Waals surface area contributed by atoms with E-state index in [9.17, 15) is 0 Å². The van der Waals surface area contributed by atoms with Gasteiger partial charge in [0.25, 0.3) is 0 Å². The fraction of sp³-hybridized carbons (Fsp3) is 0. The van der Waals surface area contributed by atoms with Gasteiger partial charge in [0.2, 0.25) is 0 Å². The molecule has 0 aliphatic carbocycles. The van der Waals surface area contributed by atoms with Crippen LogP contribution in [0, 0.1) is 0 Å². The second kappa shape index (κ2) is 8.51. The highest BCUT2D eigenvalue weighted by Crippen LogP contribution is 2.43. The molecule has 2 nitrogen and oxygen atoms in total. The van der Waals surface area contributed by atoms with E-state index in [1.807, 2.05) is 6.07 Å². The number of hydrogen-bond donors (Lipinski definition) is 0. The summed E-state index contributed by atoms with van der Waals surface area (Å²) >= 11 is 0. The largest absolute Gasteiger partial charge is 0.455 e. The summed E-state index contributed by atoms with van der Waals surface area (Å²) in [4.78, 5) is 5.11. The van der Waals surface area contributed by atoms with E-state index in [1.165, 1.54) is 32.7 Å². The first-order valence-corrected chi connectivity index (χ1v) is 14.0. The molecule has 0 fully saturated rings. The lowest BCUT2D eigenvalue weighted by molar-refractivity contribution is 0.673. The Morgan fingerprint density at radius 1 is 0.439 bits per heavy atom. The smallest absolute Gasteiger partial charge is 0.144 e. The van der Waals surface area contributed by atoms with Crippen LogP contribution in [0.2, 0.25) is 0 Å². The maximum Gasteiger partial charge on any atom is 0.144 e. The van der Waals surface area contributed by atoms with Crippen LogP contribution in [-0.2, 0) is 0 Å². The molecule has 7 aromatic carbocycles. The van der Waals surface area contributed by atoms with Crippen molar-refractivity contribution in [3.05, 3.63) is 140 Å². The lowest BCUT2D eigenvalue weighted by atomic mass is 9.93. The lowest BCUT2D eigenvalue weighted by Crippen LogP contribution is -1.90. The monoisotopic (exact) mass is 521 g/mol. The van der Waals surface area contributed by atoms with E-state index in [2.05, 4.69) is 133 Å². The molecular weight excluding hydrogens is 498 g/mol. The number of fused-ring (bicyclic) bond motifs is 10. The molecule has 0 saturated heterocycles. The number of rotatable bonds is 2. The summed E-state index contributed by atoms with van der Waals surface area (Å²) in [6.07, 6.45) is 0. The minimum absolute atomic E-state index is 0.894. The van der Waals surface area contributed by atoms with Gasteiger partial charge in [-0.2, -0.15) is 0 Å². The number of nitrogens with zero attached hydrogens (tertiary/aromatic N) is 1. The van der Waals surface area contributed by atoms with Crippen molar-refractivity contribution in [3.63, 3.8) is 0 Å². The fourth-order valence-corrected chi connectivity index (χ4v) is 6.54. The van der Waals surface area contributed by atoms with E-state index in [4.69, 9.17) is 9.40 Å². The predicted octanol–water partition coefficient (Wildman–Crippen LogP) is 10.9. The van der Waals surface area contributed by atoms with Gasteiger partial charge in [0.1, 0.15) is 11.2 Å². The van der Waals surface area contributed by atoms with E-state index in [-0.39, 0.29) is 0 Å². The van der Waals surface area contributed by atoms with Crippen LogP contribution >= 0.6 is 0 Å². The van der Waals surface area contributed by atoms with Crippen molar-refractivity contribution in [2.24, 2.45) is 0 Å². The molecule has 9 aromatic rings. The third kappa shape index (κ3) is 3.28. The van der Waals surface area contributed by atoms with Crippen LogP contribution in [0.4, 0.5) is 0 Å². The van der Waals surface area contributed by atoms with E-state index < -0.39 is 0 Å². The standard InChI is InChI=1S/C39H23NO/c1-2-10-26(11-3-1)38-31-21-22-32-36-29(27-20-19-25-18-17-24-9-4-5-12-28(24)33(25)23-27)14-8-16-35(36)41-39(32)37(31)30-13-6-7-15-34(30)40-38/h1-23H. The normalized spacial score (nSPS) is 11.9. The molecule has 41 heavy (non-hydrogen) atoms. The van der Waals surface area contributed by atoms with Crippen LogP contribution in [0.1, 0.15) is 0 Å². The number of benzene rings is 7. The van der Waals surface area contributed by atoms with Gasteiger partial charge in [-0.05, 0) is 56.9 Å². The van der Waals surface area contributed by atoms with Crippen LogP contribution in [0.5, 0.6) is 0 Å². The quantitative estimate of drug-likeness (QED) is 0.211. The number of para-hydroxylation sites is 1. The SMILES string of the molecule is c1ccc(-c2nc3ccccc3c3c2ccc2c3oc3cccc(-c4ccc5ccc6ccccc6c5c4)c32)cc1. The van der Waals surface area contributed by atoms with Gasteiger partial charge in [-0.1, -0.05) is 115 Å². The first-order chi connectivity index (χ1) is 20.3. The summed E-state index contributed by atoms with van der Waals surface area (Å²) in [6, 6.07) is 49.5. The van der Waals surface area contributed by atoms with Gasteiger partial charge in [0, 0.05) is 32.5 Å². The zero-order chi connectivity index (χ0) is 26.9. The van der Waals surface area contributed by atoms with Crippen molar-refractivity contribution >= 4 is 65.2 Å². The molecule has 0 aliphatic rings. The molecule has 0 atom stereocenters. The Balaban J connectivity index is 1.38. The molecule has 0 aliphatic heterocycles. The first-order valence-electron chi connectivity index (χ1n) is 14.0. The highest BCUT2D eigenvalue weighted by atomic mass is 16.3. The fourth-order valence-electron chi connectivity index (χ4n) is 6.54. The van der Waals surface area contributed by atoms with Gasteiger partial charge in [-0.15, -0.1) is 0 Å². The van der Waals surface area contributed by atoms with Gasteiger partial charge in [0.05, 0.1) is 11.2 Å². The second-order valence-corrected chi connectivity index (χ2v) is 10.7. The molecule has 9 rings (SSSR count). The molecule has 0 bridgehead atoms. The van der Waals surface area contributed by atoms with E-state index in [0.29, 0.717) is 0 Å². The Labute approximate surface area is 236 Å². The number of furan rings is 1. The Bertz CT molecular complexity index is 2470. The Hall–Kier alpha value is -5.47. The van der Waals surface area contributed by atoms with Crippen LogP contribution in [0.15, 0.2) is 144 Å². The third-order valence-corrected chi connectivity index (χ3v) is 8.43. The number of aromatic nitrogens is 1. The summed E-state index contributed by atoms with van der Waals surface area (Å²) in [6.45, 7) is 0. The minimum atomic E-state index is 0.894. The minimum Gasteiger partial charge on any atom is -0.455 e. The molecule has 0 spiro atoms. The highest BCUT2D eigenvalue weighted by molar-refractivity contribution is 6.26. The van der Waals surface area contributed by atoms with Crippen molar-refractivity contribution in [1.29, 1.82) is 0 Å². The van der Waals surface area contributed by atoms with Gasteiger partial charge in [-0.25, -0.2) is 4.98 Å². The molecule has 2 heteroatoms. The van der Waals surface area contributed by atoms with Gasteiger partial charge < -0.3 is 4.42 Å². The van der Waals surface area contributed by atoms with E-state index in [1.54, 1.807) is 0 Å². The zero-order valence-corrected chi connectivity index (χ0v) is 22.1. The van der Waals surface area contributed by atoms with Crippen LogP contribution in [0.25, 0.3) is 87.5 Å². The Kier molecular flexibility index (Phi) is 4.64. The van der Waals surface area contributed by atoms with Crippen molar-refractivity contribution in [3.8, 4) is 22.4 Å². The molecule has 190 valence electrons. The summed E-state index contributed by atoms with van der Waals surface area (Å²) in [5.74, 6) is 0. The maximum atomic E-state index is 6.76. The Morgan fingerprint density at radius 3 is 2.07 bits per heavy atom. The summed E-state index contributed by atoms with van der Waals surface area (Å²) < 4.78 is 6.76. The topological polar surface area (TPSA) is 26.0 Å². The second-order valence-electron chi connectivity index (χ2n) is 10.7. The third-order valence-electron chi connectivity index (χ3n) is 8.43. The zero-order valence-electron chi connectivity index (χ0n) is 22.1. The van der Waals surface area contributed by atoms with Gasteiger partial charge in [-0.3, -0.25) is 0 Å². The number of pyridine rings is 1. The molecule has 2 aromatic heterocycles. The molecule has 0 radical (unpaired) electrons. The van der Waals surface area contributed by atoms with Crippen molar-refractivity contribution < 1.29 is 4.42 Å². The van der Waals surface area contributed by atoms with Crippen molar-refractivity contribution in [1.82, 2.24) is 4.98 Å². The summed E-state index contributed by atoms with van der Waals surface area (Å²) in [5.41, 5.74) is 7.21. The van der Waals surface area contributed by atoms with E-state index >= 15 is 0 Å². The highest BCUT2D eigenvalue weighted by Gasteiger charge is 2.19. The molecule has 0 amide bonds. The van der Waals surface area contributed by atoms with Gasteiger partial charge >= 0.3 is 0 Å². The average Bonchev–Trinajstić information content (AvgIpc) is 3.43. The van der Waals surface area contributed by atoms with Crippen LogP contribution in [0.3, 0.4) is 0 Å². The first kappa shape index (κ1) is 22.4. The van der Waals surface area contributed by atoms with Crippen molar-refractivity contribution in [2.75, 3.05) is 0 Å². The van der Waals surface area contributed by atoms with Crippen molar-refractivity contribution in [2.45, 2.75) is 0 Å². The van der Waals surface area contributed by atoms with E-state index in [0.717, 1.165) is 54.9 Å². The molecule has 0 saturated carbocycles. The summed E-state index contributed by atoms with van der Waals surface area (Å²) in [5, 5.41) is 10.6. The van der Waals surface area contributed by atoms with Crippen LogP contribution < -0.4 is 0 Å². The lowest BCUT2D eigenvalue weighted by Gasteiger charge is -2.11. The molecule has 0 unspecified atom stereocenters. The molecular formula is C39H23NO. The predicted molar refractivity (Wildman–Crippen MR) is 172 cm³/mol. The summed E-state index contributed by atoms with van der Waals surface area (Å²) in [7, 11) is 0. The molecule has 2 heterocycles. The maximum absolute atomic E-state index is 6.76. The van der Waals surface area contributed by atoms with Gasteiger partial charge in [0.15, 0.2) is 0 Å². The Morgan fingerprint density at radius 2 is 1.17 bits per heavy atom. The molecule has 0 N–H and O–H groups in total.